The number of aromatic amines is 1. The van der Waals surface area contributed by atoms with Gasteiger partial charge in [0.05, 0.1) is 11.8 Å². The Hall–Kier alpha value is -2.05. The molecule has 1 aliphatic carbocycles. The van der Waals surface area contributed by atoms with E-state index in [1.54, 1.807) is 4.63 Å². The van der Waals surface area contributed by atoms with Crippen LogP contribution in [0.25, 0.3) is 17.0 Å². The lowest BCUT2D eigenvalue weighted by molar-refractivity contribution is 0.00477. The molecular formula is C19H24ClN5O. The fraction of sp³-hybridized carbons (Fsp3) is 0.474. The molecule has 26 heavy (non-hydrogen) atoms. The lowest BCUT2D eigenvalue weighted by Crippen LogP contribution is -2.27. The highest BCUT2D eigenvalue weighted by Crippen LogP contribution is 2.27. The van der Waals surface area contributed by atoms with Gasteiger partial charge in [-0.1, -0.05) is 31.4 Å². The van der Waals surface area contributed by atoms with Gasteiger partial charge in [0.25, 0.3) is 0 Å². The highest BCUT2D eigenvalue weighted by Gasteiger charge is 2.21. The molecule has 0 bridgehead atoms. The van der Waals surface area contributed by atoms with Crippen molar-refractivity contribution in [2.45, 2.75) is 45.6 Å². The molecule has 0 radical (unpaired) electrons. The van der Waals surface area contributed by atoms with E-state index in [4.69, 9.17) is 16.3 Å². The van der Waals surface area contributed by atoms with Crippen LogP contribution in [0.5, 0.6) is 0 Å². The predicted octanol–water partition coefficient (Wildman–Crippen LogP) is 4.65. The minimum atomic E-state index is 0.376. The van der Waals surface area contributed by atoms with Crippen LogP contribution in [-0.4, -0.2) is 32.6 Å². The molecule has 2 atom stereocenters. The molecular weight excluding hydrogens is 350 g/mol. The van der Waals surface area contributed by atoms with Crippen molar-refractivity contribution in [3.63, 3.8) is 0 Å². The molecule has 4 rings (SSSR count). The standard InChI is InChI=1S/C19H24ClN5O/c1-12-5-3-4-6-16(12)26-11-21-15-9-7-14(8-10-15)18-22-19-17(20)13(2)23-25(19)24-18/h7-10,12,16,21,23H,3-6,11H2,1-2H3/t12-,16?/m1/s1. The first kappa shape index (κ1) is 17.4. The van der Waals surface area contributed by atoms with Gasteiger partial charge >= 0.3 is 0 Å². The summed E-state index contributed by atoms with van der Waals surface area (Å²) in [5.74, 6) is 1.30. The maximum absolute atomic E-state index is 6.22. The van der Waals surface area contributed by atoms with E-state index in [9.17, 15) is 0 Å². The molecule has 2 heterocycles. The monoisotopic (exact) mass is 373 g/mol. The highest BCUT2D eigenvalue weighted by molar-refractivity contribution is 6.34. The minimum Gasteiger partial charge on any atom is -0.363 e. The number of fused-ring (bicyclic) bond motifs is 1. The number of aromatic nitrogens is 4. The maximum Gasteiger partial charge on any atom is 0.194 e. The number of ether oxygens (including phenoxy) is 1. The van der Waals surface area contributed by atoms with Gasteiger partial charge in [-0.2, -0.15) is 4.63 Å². The molecule has 0 spiro atoms. The summed E-state index contributed by atoms with van der Waals surface area (Å²) in [5.41, 5.74) is 3.48. The third-order valence-corrected chi connectivity index (χ3v) is 5.61. The summed E-state index contributed by atoms with van der Waals surface area (Å²) >= 11 is 6.22. The second-order valence-corrected chi connectivity index (χ2v) is 7.46. The first-order chi connectivity index (χ1) is 12.6. The van der Waals surface area contributed by atoms with E-state index in [0.29, 0.717) is 35.2 Å². The van der Waals surface area contributed by atoms with Crippen LogP contribution in [-0.2, 0) is 4.74 Å². The normalized spacial score (nSPS) is 20.6. The largest absolute Gasteiger partial charge is 0.363 e. The van der Waals surface area contributed by atoms with Crippen molar-refractivity contribution >= 4 is 22.9 Å². The van der Waals surface area contributed by atoms with Crippen LogP contribution < -0.4 is 5.32 Å². The lowest BCUT2D eigenvalue weighted by Gasteiger charge is -2.28. The second-order valence-electron chi connectivity index (χ2n) is 7.09. The Morgan fingerprint density at radius 3 is 2.77 bits per heavy atom. The van der Waals surface area contributed by atoms with E-state index < -0.39 is 0 Å². The summed E-state index contributed by atoms with van der Waals surface area (Å²) in [6.07, 6.45) is 5.43. The number of hydrogen-bond donors (Lipinski definition) is 2. The zero-order chi connectivity index (χ0) is 18.1. The van der Waals surface area contributed by atoms with Gasteiger partial charge in [-0.05, 0) is 49.9 Å². The Labute approximate surface area is 157 Å². The molecule has 2 aromatic heterocycles. The smallest absolute Gasteiger partial charge is 0.194 e. The summed E-state index contributed by atoms with van der Waals surface area (Å²) in [4.78, 5) is 4.51. The number of halogens is 1. The Morgan fingerprint density at radius 2 is 2.04 bits per heavy atom. The number of H-pyrrole nitrogens is 1. The summed E-state index contributed by atoms with van der Waals surface area (Å²) in [5, 5.41) is 11.5. The fourth-order valence-electron chi connectivity index (χ4n) is 3.53. The highest BCUT2D eigenvalue weighted by atomic mass is 35.5. The molecule has 0 saturated heterocycles. The first-order valence-electron chi connectivity index (χ1n) is 9.18. The van der Waals surface area contributed by atoms with E-state index in [0.717, 1.165) is 16.9 Å². The van der Waals surface area contributed by atoms with Crippen molar-refractivity contribution in [3.05, 3.63) is 35.0 Å². The van der Waals surface area contributed by atoms with E-state index >= 15 is 0 Å². The van der Waals surface area contributed by atoms with Crippen LogP contribution in [0.15, 0.2) is 24.3 Å². The van der Waals surface area contributed by atoms with Gasteiger partial charge in [0.15, 0.2) is 11.5 Å². The number of nitrogens with zero attached hydrogens (tertiary/aromatic N) is 3. The average Bonchev–Trinajstić information content (AvgIpc) is 3.17. The number of hydrogen-bond acceptors (Lipinski definition) is 4. The number of aryl methyl sites for hydroxylation is 1. The SMILES string of the molecule is Cc1[nH]n2nc(-c3ccc(NCOC4CCCC[C@H]4C)cc3)nc2c1Cl. The van der Waals surface area contributed by atoms with E-state index in [-0.39, 0.29) is 0 Å². The van der Waals surface area contributed by atoms with Crippen molar-refractivity contribution in [2.75, 3.05) is 12.0 Å². The number of rotatable bonds is 5. The first-order valence-corrected chi connectivity index (χ1v) is 9.56. The predicted molar refractivity (Wildman–Crippen MR) is 104 cm³/mol. The average molecular weight is 374 g/mol. The van der Waals surface area contributed by atoms with Gasteiger partial charge in [0.1, 0.15) is 11.8 Å². The van der Waals surface area contributed by atoms with Crippen LogP contribution in [0.2, 0.25) is 5.02 Å². The maximum atomic E-state index is 6.22. The Bertz CT molecular complexity index is 885. The summed E-state index contributed by atoms with van der Waals surface area (Å²) in [6.45, 7) is 4.72. The van der Waals surface area contributed by atoms with Gasteiger partial charge in [-0.3, -0.25) is 5.10 Å². The topological polar surface area (TPSA) is 67.2 Å². The summed E-state index contributed by atoms with van der Waals surface area (Å²) in [6, 6.07) is 8.04. The molecule has 3 aromatic rings. The molecule has 1 aromatic carbocycles. The van der Waals surface area contributed by atoms with Crippen LogP contribution >= 0.6 is 11.6 Å². The van der Waals surface area contributed by atoms with Gasteiger partial charge in [0, 0.05) is 11.3 Å². The molecule has 1 saturated carbocycles. The molecule has 138 valence electrons. The molecule has 6 nitrogen and oxygen atoms in total. The Morgan fingerprint density at radius 1 is 1.27 bits per heavy atom. The van der Waals surface area contributed by atoms with Gasteiger partial charge in [-0.25, -0.2) is 4.98 Å². The molecule has 0 amide bonds. The quantitative estimate of drug-likeness (QED) is 0.639. The van der Waals surface area contributed by atoms with Gasteiger partial charge < -0.3 is 10.1 Å². The zero-order valence-electron chi connectivity index (χ0n) is 15.1. The molecule has 2 N–H and O–H groups in total. The molecule has 1 aliphatic rings. The second kappa shape index (κ2) is 7.29. The molecule has 0 aliphatic heterocycles. The van der Waals surface area contributed by atoms with Crippen molar-refractivity contribution < 1.29 is 4.74 Å². The summed E-state index contributed by atoms with van der Waals surface area (Å²) in [7, 11) is 0. The van der Waals surface area contributed by atoms with E-state index in [2.05, 4.69) is 27.4 Å². The van der Waals surface area contributed by atoms with Crippen LogP contribution in [0.1, 0.15) is 38.3 Å². The van der Waals surface area contributed by atoms with E-state index in [1.165, 1.54) is 25.7 Å². The van der Waals surface area contributed by atoms with Crippen molar-refractivity contribution in [1.29, 1.82) is 0 Å². The van der Waals surface area contributed by atoms with Crippen molar-refractivity contribution in [2.24, 2.45) is 5.92 Å². The number of nitrogens with one attached hydrogen (secondary N) is 2. The van der Waals surface area contributed by atoms with Crippen LogP contribution in [0.4, 0.5) is 5.69 Å². The van der Waals surface area contributed by atoms with Crippen LogP contribution in [0.3, 0.4) is 0 Å². The fourth-order valence-corrected chi connectivity index (χ4v) is 3.69. The van der Waals surface area contributed by atoms with Crippen molar-refractivity contribution in [1.82, 2.24) is 19.8 Å². The van der Waals surface area contributed by atoms with E-state index in [1.807, 2.05) is 31.2 Å². The van der Waals surface area contributed by atoms with Crippen LogP contribution in [0, 0.1) is 12.8 Å². The van der Waals surface area contributed by atoms with Gasteiger partial charge in [-0.15, -0.1) is 5.10 Å². The molecule has 1 fully saturated rings. The molecule has 7 heteroatoms. The lowest BCUT2D eigenvalue weighted by atomic mass is 9.88. The Balaban J connectivity index is 1.38. The third kappa shape index (κ3) is 3.44. The number of anilines is 1. The minimum absolute atomic E-state index is 0.376. The molecule has 1 unspecified atom stereocenters. The van der Waals surface area contributed by atoms with Crippen molar-refractivity contribution in [3.8, 4) is 11.4 Å². The van der Waals surface area contributed by atoms with Gasteiger partial charge in [0.2, 0.25) is 0 Å². The summed E-state index contributed by atoms with van der Waals surface area (Å²) < 4.78 is 7.62. The number of benzene rings is 1. The third-order valence-electron chi connectivity index (χ3n) is 5.16. The Kier molecular flexibility index (Phi) is 4.87. The zero-order valence-corrected chi connectivity index (χ0v) is 15.9.